The molecule has 1 aliphatic carbocycles. The molecule has 1 aliphatic heterocycles. The van der Waals surface area contributed by atoms with Crippen molar-refractivity contribution in [2.24, 2.45) is 0 Å². The molecular formula is C13H17Cl2N3O2S. The van der Waals surface area contributed by atoms with E-state index in [-0.39, 0.29) is 20.6 Å². The summed E-state index contributed by atoms with van der Waals surface area (Å²) in [7, 11) is -3.62. The first-order valence-corrected chi connectivity index (χ1v) is 9.08. The van der Waals surface area contributed by atoms with E-state index in [1.807, 2.05) is 0 Å². The third-order valence-electron chi connectivity index (χ3n) is 4.05. The zero-order valence-electron chi connectivity index (χ0n) is 11.4. The summed E-state index contributed by atoms with van der Waals surface area (Å²) in [6.07, 6.45) is 2.46. The molecule has 1 saturated carbocycles. The minimum Gasteiger partial charge on any atom is -0.396 e. The van der Waals surface area contributed by atoms with Crippen LogP contribution in [0, 0.1) is 0 Å². The van der Waals surface area contributed by atoms with Gasteiger partial charge in [0.2, 0.25) is 10.0 Å². The normalized spacial score (nSPS) is 21.6. The van der Waals surface area contributed by atoms with Crippen LogP contribution in [0.1, 0.15) is 12.8 Å². The van der Waals surface area contributed by atoms with E-state index in [1.54, 1.807) is 0 Å². The summed E-state index contributed by atoms with van der Waals surface area (Å²) in [6, 6.07) is 3.55. The highest BCUT2D eigenvalue weighted by Crippen LogP contribution is 2.35. The van der Waals surface area contributed by atoms with E-state index < -0.39 is 10.0 Å². The molecular weight excluding hydrogens is 333 g/mol. The molecule has 1 aromatic rings. The number of anilines is 1. The fourth-order valence-electron chi connectivity index (χ4n) is 2.64. The van der Waals surface area contributed by atoms with Gasteiger partial charge in [-0.25, -0.2) is 8.42 Å². The van der Waals surface area contributed by atoms with Gasteiger partial charge in [0.05, 0.1) is 15.7 Å². The smallest absolute Gasteiger partial charge is 0.244 e. The van der Waals surface area contributed by atoms with E-state index in [9.17, 15) is 8.42 Å². The van der Waals surface area contributed by atoms with Gasteiger partial charge >= 0.3 is 0 Å². The fraction of sp³-hybridized carbons (Fsp3) is 0.538. The van der Waals surface area contributed by atoms with Crippen molar-refractivity contribution in [3.05, 3.63) is 22.2 Å². The van der Waals surface area contributed by atoms with Crippen molar-refractivity contribution in [1.29, 1.82) is 0 Å². The van der Waals surface area contributed by atoms with Crippen LogP contribution >= 0.6 is 23.2 Å². The molecule has 0 unspecified atom stereocenters. The van der Waals surface area contributed by atoms with Crippen molar-refractivity contribution in [1.82, 2.24) is 9.21 Å². The number of hydrogen-bond donors (Lipinski definition) is 1. The molecule has 5 nitrogen and oxygen atoms in total. The number of rotatable bonds is 3. The minimum atomic E-state index is -3.62. The van der Waals surface area contributed by atoms with Gasteiger partial charge in [0.15, 0.2) is 0 Å². The Bertz CT molecular complexity index is 654. The summed E-state index contributed by atoms with van der Waals surface area (Å²) in [4.78, 5) is 2.38. The van der Waals surface area contributed by atoms with Crippen LogP contribution in [0.4, 0.5) is 5.69 Å². The number of benzene rings is 1. The van der Waals surface area contributed by atoms with E-state index in [0.29, 0.717) is 19.1 Å². The maximum atomic E-state index is 12.7. The summed E-state index contributed by atoms with van der Waals surface area (Å²) in [5, 5.41) is 0.268. The Morgan fingerprint density at radius 3 is 2.29 bits per heavy atom. The molecule has 0 bridgehead atoms. The van der Waals surface area contributed by atoms with Gasteiger partial charge in [-0.15, -0.1) is 0 Å². The molecule has 1 aromatic carbocycles. The van der Waals surface area contributed by atoms with Gasteiger partial charge in [-0.2, -0.15) is 4.31 Å². The van der Waals surface area contributed by atoms with Crippen molar-refractivity contribution in [3.8, 4) is 0 Å². The Labute approximate surface area is 134 Å². The summed E-state index contributed by atoms with van der Waals surface area (Å²) in [5.74, 6) is 0. The quantitative estimate of drug-likeness (QED) is 0.848. The molecule has 2 fully saturated rings. The van der Waals surface area contributed by atoms with E-state index >= 15 is 0 Å². The molecule has 0 radical (unpaired) electrons. The van der Waals surface area contributed by atoms with Crippen LogP contribution in [-0.4, -0.2) is 49.8 Å². The number of nitrogens with two attached hydrogens (primary N) is 1. The van der Waals surface area contributed by atoms with Crippen LogP contribution < -0.4 is 5.73 Å². The van der Waals surface area contributed by atoms with Crippen LogP contribution in [-0.2, 0) is 10.0 Å². The highest BCUT2D eigenvalue weighted by Gasteiger charge is 2.35. The molecule has 2 aliphatic rings. The van der Waals surface area contributed by atoms with Gasteiger partial charge < -0.3 is 5.73 Å². The molecule has 0 atom stereocenters. The fourth-order valence-corrected chi connectivity index (χ4v) is 4.80. The number of piperazine rings is 1. The average molecular weight is 350 g/mol. The third kappa shape index (κ3) is 2.87. The zero-order chi connectivity index (χ0) is 15.2. The van der Waals surface area contributed by atoms with Crippen LogP contribution in [0.5, 0.6) is 0 Å². The lowest BCUT2D eigenvalue weighted by molar-refractivity contribution is 0.180. The van der Waals surface area contributed by atoms with Crippen molar-refractivity contribution >= 4 is 38.9 Å². The number of hydrogen-bond acceptors (Lipinski definition) is 4. The lowest BCUT2D eigenvalue weighted by Gasteiger charge is -2.34. The molecule has 0 aromatic heterocycles. The highest BCUT2D eigenvalue weighted by atomic mass is 35.5. The van der Waals surface area contributed by atoms with Gasteiger partial charge in [-0.05, 0) is 25.0 Å². The molecule has 21 heavy (non-hydrogen) atoms. The Balaban J connectivity index is 1.82. The van der Waals surface area contributed by atoms with E-state index in [0.717, 1.165) is 13.1 Å². The zero-order valence-corrected chi connectivity index (χ0v) is 13.8. The topological polar surface area (TPSA) is 66.6 Å². The monoisotopic (exact) mass is 349 g/mol. The first-order valence-electron chi connectivity index (χ1n) is 6.89. The second-order valence-electron chi connectivity index (χ2n) is 5.44. The first kappa shape index (κ1) is 15.4. The van der Waals surface area contributed by atoms with Crippen molar-refractivity contribution < 1.29 is 8.42 Å². The second kappa shape index (κ2) is 5.59. The van der Waals surface area contributed by atoms with Gasteiger partial charge in [0, 0.05) is 32.2 Å². The Hall–Kier alpha value is -0.530. The van der Waals surface area contributed by atoms with Gasteiger partial charge in [0.1, 0.15) is 4.90 Å². The maximum absolute atomic E-state index is 12.7. The van der Waals surface area contributed by atoms with E-state index in [4.69, 9.17) is 28.9 Å². The second-order valence-corrected chi connectivity index (χ2v) is 8.14. The number of halogens is 2. The summed E-state index contributed by atoms with van der Waals surface area (Å²) < 4.78 is 26.8. The minimum absolute atomic E-state index is 0.00659. The van der Waals surface area contributed by atoms with Crippen molar-refractivity contribution in [2.45, 2.75) is 23.8 Å². The highest BCUT2D eigenvalue weighted by molar-refractivity contribution is 7.89. The lowest BCUT2D eigenvalue weighted by Crippen LogP contribution is -2.49. The Morgan fingerprint density at radius 1 is 1.10 bits per heavy atom. The van der Waals surface area contributed by atoms with E-state index in [2.05, 4.69) is 4.90 Å². The van der Waals surface area contributed by atoms with Crippen LogP contribution in [0.15, 0.2) is 17.0 Å². The van der Waals surface area contributed by atoms with Crippen LogP contribution in [0.25, 0.3) is 0 Å². The van der Waals surface area contributed by atoms with Gasteiger partial charge in [0.25, 0.3) is 0 Å². The summed E-state index contributed by atoms with van der Waals surface area (Å²) >= 11 is 11.9. The van der Waals surface area contributed by atoms with E-state index in [1.165, 1.54) is 29.3 Å². The van der Waals surface area contributed by atoms with Crippen LogP contribution in [0.3, 0.4) is 0 Å². The molecule has 1 heterocycles. The Morgan fingerprint density at radius 2 is 1.71 bits per heavy atom. The van der Waals surface area contributed by atoms with Crippen molar-refractivity contribution in [2.75, 3.05) is 31.9 Å². The Kier molecular flexibility index (Phi) is 4.09. The first-order chi connectivity index (χ1) is 9.91. The molecule has 0 amide bonds. The molecule has 2 N–H and O–H groups in total. The van der Waals surface area contributed by atoms with Crippen LogP contribution in [0.2, 0.25) is 10.0 Å². The van der Waals surface area contributed by atoms with Crippen molar-refractivity contribution in [3.63, 3.8) is 0 Å². The molecule has 3 rings (SSSR count). The number of sulfonamides is 1. The SMILES string of the molecule is Nc1c(Cl)ccc(S(=O)(=O)N2CCN(C3CC3)CC2)c1Cl. The summed E-state index contributed by atoms with van der Waals surface area (Å²) in [6.45, 7) is 2.50. The third-order valence-corrected chi connectivity index (χ3v) is 6.84. The van der Waals surface area contributed by atoms with Gasteiger partial charge in [-0.3, -0.25) is 4.90 Å². The predicted molar refractivity (Wildman–Crippen MR) is 84.2 cm³/mol. The standard InChI is InChI=1S/C13H17Cl2N3O2S/c14-10-3-4-11(12(15)13(10)16)21(19,20)18-7-5-17(6-8-18)9-1-2-9/h3-4,9H,1-2,5-8,16H2. The molecule has 1 saturated heterocycles. The summed E-state index contributed by atoms with van der Waals surface area (Å²) in [5.41, 5.74) is 5.83. The lowest BCUT2D eigenvalue weighted by atomic mass is 10.3. The molecule has 0 spiro atoms. The number of nitrogens with zero attached hydrogens (tertiary/aromatic N) is 2. The van der Waals surface area contributed by atoms with Gasteiger partial charge in [-0.1, -0.05) is 23.2 Å². The average Bonchev–Trinajstić information content (AvgIpc) is 3.29. The number of nitrogen functional groups attached to an aromatic ring is 1. The maximum Gasteiger partial charge on any atom is 0.244 e. The predicted octanol–water partition coefficient (Wildman–Crippen LogP) is 2.04. The molecule has 116 valence electrons. The molecule has 8 heteroatoms. The largest absolute Gasteiger partial charge is 0.396 e.